The Labute approximate surface area is 221 Å². The number of amides is 1. The van der Waals surface area contributed by atoms with Gasteiger partial charge in [0.1, 0.15) is 0 Å². The summed E-state index contributed by atoms with van der Waals surface area (Å²) < 4.78 is 13.4. The summed E-state index contributed by atoms with van der Waals surface area (Å²) in [6.07, 6.45) is 0.930. The molecule has 4 aromatic rings. The lowest BCUT2D eigenvalue weighted by Gasteiger charge is -2.20. The zero-order valence-electron chi connectivity index (χ0n) is 20.8. The predicted molar refractivity (Wildman–Crippen MR) is 153 cm³/mol. The van der Waals surface area contributed by atoms with Gasteiger partial charge in [0, 0.05) is 15.7 Å². The lowest BCUT2D eigenvalue weighted by molar-refractivity contribution is 0.0714. The van der Waals surface area contributed by atoms with Gasteiger partial charge in [-0.2, -0.15) is 0 Å². The first-order chi connectivity index (χ1) is 17.5. The van der Waals surface area contributed by atoms with Gasteiger partial charge >= 0.3 is 0 Å². The highest BCUT2D eigenvalue weighted by molar-refractivity contribution is 7.65. The van der Waals surface area contributed by atoms with Gasteiger partial charge in [0.05, 0.1) is 23.1 Å². The molecule has 192 valence electrons. The summed E-state index contributed by atoms with van der Waals surface area (Å²) in [6, 6.07) is 23.3. The Bertz CT molecular complexity index is 1430. The van der Waals surface area contributed by atoms with Crippen LogP contribution in [-0.2, 0) is 17.1 Å². The van der Waals surface area contributed by atoms with Crippen LogP contribution in [0.5, 0.6) is 0 Å². The van der Waals surface area contributed by atoms with E-state index in [1.165, 1.54) is 0 Å². The molecule has 5 N–H and O–H groups in total. The normalized spacial score (nSPS) is 13.2. The minimum absolute atomic E-state index is 0.0514. The summed E-state index contributed by atoms with van der Waals surface area (Å²) in [5, 5.41) is 15.3. The van der Waals surface area contributed by atoms with Gasteiger partial charge < -0.3 is 21.1 Å². The van der Waals surface area contributed by atoms with Crippen LogP contribution >= 0.6 is 18.7 Å². The first-order valence-electron chi connectivity index (χ1n) is 12.0. The zero-order valence-corrected chi connectivity index (χ0v) is 22.6. The van der Waals surface area contributed by atoms with E-state index in [9.17, 15) is 19.4 Å². The fourth-order valence-corrected chi connectivity index (χ4v) is 6.61. The standard InChI is InChI=1S/C29H31N2O4PS/c1-29(2,33)16-15-21-6-3-4-7-26(21)36(34,35)19-20-9-11-22(12-10-20)28(32)31-25-18-23(13-14-24(25)30)27-8-5-17-37-27/h3-14,17-18,33H,15-16,19,30H2,1-2H3,(H,31,32)(H,34,35). The van der Waals surface area contributed by atoms with Gasteiger partial charge in [-0.25, -0.2) is 0 Å². The molecule has 1 heterocycles. The van der Waals surface area contributed by atoms with Crippen LogP contribution in [0.4, 0.5) is 11.4 Å². The fourth-order valence-electron chi connectivity index (χ4n) is 4.05. The van der Waals surface area contributed by atoms with Crippen molar-refractivity contribution in [3.8, 4) is 10.4 Å². The van der Waals surface area contributed by atoms with Crippen LogP contribution in [-0.4, -0.2) is 21.5 Å². The van der Waals surface area contributed by atoms with Gasteiger partial charge in [0.25, 0.3) is 5.91 Å². The quantitative estimate of drug-likeness (QED) is 0.154. The molecule has 0 bridgehead atoms. The van der Waals surface area contributed by atoms with Crippen molar-refractivity contribution in [2.24, 2.45) is 0 Å². The molecular weight excluding hydrogens is 503 g/mol. The van der Waals surface area contributed by atoms with Crippen LogP contribution in [0.2, 0.25) is 0 Å². The topological polar surface area (TPSA) is 113 Å². The van der Waals surface area contributed by atoms with Crippen LogP contribution in [0.25, 0.3) is 10.4 Å². The average molecular weight is 535 g/mol. The van der Waals surface area contributed by atoms with Crippen molar-refractivity contribution in [1.82, 2.24) is 0 Å². The molecule has 0 fully saturated rings. The number of anilines is 2. The monoisotopic (exact) mass is 534 g/mol. The fraction of sp³-hybridized carbons (Fsp3) is 0.207. The van der Waals surface area contributed by atoms with Crippen molar-refractivity contribution in [1.29, 1.82) is 0 Å². The molecule has 1 aromatic heterocycles. The Hall–Kier alpha value is -3.22. The van der Waals surface area contributed by atoms with E-state index in [0.717, 1.165) is 16.0 Å². The van der Waals surface area contributed by atoms with E-state index in [-0.39, 0.29) is 12.1 Å². The number of aryl methyl sites for hydroxylation is 1. The van der Waals surface area contributed by atoms with E-state index in [0.29, 0.717) is 40.6 Å². The highest BCUT2D eigenvalue weighted by Gasteiger charge is 2.26. The third-order valence-electron chi connectivity index (χ3n) is 6.09. The van der Waals surface area contributed by atoms with Crippen LogP contribution in [0, 0.1) is 0 Å². The molecule has 8 heteroatoms. The van der Waals surface area contributed by atoms with Crippen LogP contribution in [0.1, 0.15) is 41.8 Å². The number of rotatable bonds is 9. The Morgan fingerprint density at radius 2 is 1.76 bits per heavy atom. The SMILES string of the molecule is CC(C)(O)CCc1ccccc1P(=O)(O)Cc1ccc(C(=O)Nc2cc(-c3cccs3)ccc2N)cc1. The molecule has 1 amide bonds. The van der Waals surface area contributed by atoms with E-state index in [1.54, 1.807) is 67.6 Å². The summed E-state index contributed by atoms with van der Waals surface area (Å²) in [7, 11) is -3.71. The Kier molecular flexibility index (Phi) is 8.00. The number of carbonyl (C=O) groups excluding carboxylic acids is 1. The first-order valence-corrected chi connectivity index (χ1v) is 14.7. The van der Waals surface area contributed by atoms with Crippen molar-refractivity contribution in [3.63, 3.8) is 0 Å². The molecule has 0 saturated heterocycles. The van der Waals surface area contributed by atoms with Gasteiger partial charge in [-0.05, 0) is 85.2 Å². The van der Waals surface area contributed by atoms with Gasteiger partial charge in [-0.3, -0.25) is 9.36 Å². The molecule has 1 unspecified atom stereocenters. The molecule has 3 aromatic carbocycles. The van der Waals surface area contributed by atoms with Crippen molar-refractivity contribution < 1.29 is 19.4 Å². The second-order valence-electron chi connectivity index (χ2n) is 9.73. The maximum atomic E-state index is 13.4. The zero-order chi connectivity index (χ0) is 26.6. The van der Waals surface area contributed by atoms with E-state index in [2.05, 4.69) is 5.32 Å². The molecule has 1 atom stereocenters. The number of nitrogens with two attached hydrogens (primary N) is 1. The minimum Gasteiger partial charge on any atom is -0.397 e. The summed E-state index contributed by atoms with van der Waals surface area (Å²) in [5.41, 5.74) is 9.02. The molecule has 0 radical (unpaired) electrons. The van der Waals surface area contributed by atoms with Crippen molar-refractivity contribution in [2.75, 3.05) is 11.1 Å². The maximum absolute atomic E-state index is 13.4. The van der Waals surface area contributed by atoms with Crippen molar-refractivity contribution in [3.05, 3.63) is 101 Å². The number of thiophene rings is 1. The minimum atomic E-state index is -3.71. The largest absolute Gasteiger partial charge is 0.397 e. The number of hydrogen-bond acceptors (Lipinski definition) is 5. The lowest BCUT2D eigenvalue weighted by atomic mass is 9.99. The van der Waals surface area contributed by atoms with E-state index in [1.807, 2.05) is 41.8 Å². The number of nitrogens with one attached hydrogen (secondary N) is 1. The molecule has 37 heavy (non-hydrogen) atoms. The second kappa shape index (κ2) is 11.0. The molecule has 4 rings (SSSR count). The Balaban J connectivity index is 1.47. The molecule has 0 spiro atoms. The van der Waals surface area contributed by atoms with E-state index in [4.69, 9.17) is 5.73 Å². The summed E-state index contributed by atoms with van der Waals surface area (Å²) >= 11 is 1.61. The van der Waals surface area contributed by atoms with Crippen molar-refractivity contribution >= 4 is 41.3 Å². The Morgan fingerprint density at radius 1 is 1.03 bits per heavy atom. The van der Waals surface area contributed by atoms with Gasteiger partial charge in [-0.1, -0.05) is 42.5 Å². The summed E-state index contributed by atoms with van der Waals surface area (Å²) in [6.45, 7) is 3.45. The van der Waals surface area contributed by atoms with Gasteiger partial charge in [0.2, 0.25) is 7.37 Å². The first kappa shape index (κ1) is 26.8. The van der Waals surface area contributed by atoms with Crippen LogP contribution in [0.15, 0.2) is 84.2 Å². The molecule has 0 aliphatic heterocycles. The number of aliphatic hydroxyl groups is 1. The average Bonchev–Trinajstić information content (AvgIpc) is 3.39. The van der Waals surface area contributed by atoms with Gasteiger partial charge in [0.15, 0.2) is 0 Å². The lowest BCUT2D eigenvalue weighted by Crippen LogP contribution is -2.21. The number of benzene rings is 3. The van der Waals surface area contributed by atoms with E-state index >= 15 is 0 Å². The summed E-state index contributed by atoms with van der Waals surface area (Å²) in [5.74, 6) is -0.314. The number of nitrogen functional groups attached to an aromatic ring is 1. The smallest absolute Gasteiger partial charge is 0.255 e. The maximum Gasteiger partial charge on any atom is 0.255 e. The summed E-state index contributed by atoms with van der Waals surface area (Å²) in [4.78, 5) is 24.9. The second-order valence-corrected chi connectivity index (χ2v) is 12.9. The molecular formula is C29H31N2O4PS. The molecule has 0 saturated carbocycles. The van der Waals surface area contributed by atoms with Gasteiger partial charge in [-0.15, -0.1) is 11.3 Å². The number of hydrogen-bond donors (Lipinski definition) is 4. The molecule has 6 nitrogen and oxygen atoms in total. The predicted octanol–water partition coefficient (Wildman–Crippen LogP) is 6.05. The molecule has 0 aliphatic rings. The third-order valence-corrected chi connectivity index (χ3v) is 9.00. The van der Waals surface area contributed by atoms with Crippen LogP contribution < -0.4 is 16.4 Å². The highest BCUT2D eigenvalue weighted by Crippen LogP contribution is 2.44. The van der Waals surface area contributed by atoms with Crippen molar-refractivity contribution in [2.45, 2.75) is 38.5 Å². The van der Waals surface area contributed by atoms with E-state index < -0.39 is 13.0 Å². The number of carbonyl (C=O) groups is 1. The van der Waals surface area contributed by atoms with Crippen LogP contribution in [0.3, 0.4) is 0 Å². The highest BCUT2D eigenvalue weighted by atomic mass is 32.1. The third kappa shape index (κ3) is 6.96. The Morgan fingerprint density at radius 3 is 2.43 bits per heavy atom. The molecule has 0 aliphatic carbocycles.